The molecule has 108 valence electrons. The molecule has 20 heavy (non-hydrogen) atoms. The van der Waals surface area contributed by atoms with Crippen molar-refractivity contribution >= 4 is 0 Å². The predicted octanol–water partition coefficient (Wildman–Crippen LogP) is -1.57. The molecule has 0 aliphatic carbocycles. The van der Waals surface area contributed by atoms with Gasteiger partial charge in [-0.1, -0.05) is 5.92 Å². The van der Waals surface area contributed by atoms with E-state index in [2.05, 4.69) is 4.74 Å². The number of ether oxygens (including phenoxy) is 1. The van der Waals surface area contributed by atoms with Crippen LogP contribution in [0.4, 0.5) is 8.78 Å². The first-order valence-corrected chi connectivity index (χ1v) is 5.42. The number of hydrogen-bond acceptors (Lipinski definition) is 5. The van der Waals surface area contributed by atoms with E-state index < -0.39 is 41.7 Å². The largest absolute Gasteiger partial charge is 0.390 e. The second-order valence-corrected chi connectivity index (χ2v) is 4.25. The van der Waals surface area contributed by atoms with Crippen molar-refractivity contribution in [3.63, 3.8) is 0 Å². The Hall–Kier alpha value is -2.02. The van der Waals surface area contributed by atoms with Crippen LogP contribution in [0.2, 0.25) is 0 Å². The Morgan fingerprint density at radius 1 is 1.55 bits per heavy atom. The van der Waals surface area contributed by atoms with Gasteiger partial charge in [-0.25, -0.2) is 13.6 Å². The van der Waals surface area contributed by atoms with Crippen LogP contribution in [0.3, 0.4) is 0 Å². The highest BCUT2D eigenvalue weighted by Crippen LogP contribution is 2.46. The summed E-state index contributed by atoms with van der Waals surface area (Å²) in [5.74, 6) is -1.64. The summed E-state index contributed by atoms with van der Waals surface area (Å²) >= 11 is 0. The zero-order chi connectivity index (χ0) is 15.1. The minimum Gasteiger partial charge on any atom is -0.390 e. The molecule has 0 amide bonds. The van der Waals surface area contributed by atoms with E-state index in [1.54, 1.807) is 0 Å². The van der Waals surface area contributed by atoms with Gasteiger partial charge in [-0.15, -0.1) is 6.42 Å². The number of H-pyrrole nitrogens is 1. The van der Waals surface area contributed by atoms with Gasteiger partial charge < -0.3 is 14.9 Å². The standard InChI is InChI=1S/C11H10F2N2O5/c1-2-10(12)7(18)11(13,5-16)20-8(10)15-4-3-6(17)14-9(15)19/h1,3-4,7-8,16,18H,5H2,(H,14,17,19). The Labute approximate surface area is 110 Å². The monoisotopic (exact) mass is 288 g/mol. The topological polar surface area (TPSA) is 105 Å². The molecular weight excluding hydrogens is 278 g/mol. The minimum atomic E-state index is -3.17. The number of hydrogen-bond donors (Lipinski definition) is 3. The molecule has 0 saturated carbocycles. The van der Waals surface area contributed by atoms with Crippen LogP contribution >= 0.6 is 0 Å². The van der Waals surface area contributed by atoms with Crippen LogP contribution in [-0.4, -0.2) is 44.0 Å². The molecule has 0 spiro atoms. The van der Waals surface area contributed by atoms with Gasteiger partial charge in [0.05, 0.1) is 0 Å². The average Bonchev–Trinajstić information content (AvgIpc) is 2.62. The molecule has 1 fully saturated rings. The smallest absolute Gasteiger partial charge is 0.330 e. The van der Waals surface area contributed by atoms with E-state index >= 15 is 0 Å². The maximum atomic E-state index is 14.5. The fraction of sp³-hybridized carbons (Fsp3) is 0.455. The first-order valence-electron chi connectivity index (χ1n) is 5.42. The third kappa shape index (κ3) is 1.85. The van der Waals surface area contributed by atoms with Crippen molar-refractivity contribution in [2.24, 2.45) is 0 Å². The number of terminal acetylenes is 1. The number of alkyl halides is 2. The predicted molar refractivity (Wildman–Crippen MR) is 61.0 cm³/mol. The second-order valence-electron chi connectivity index (χ2n) is 4.25. The molecule has 1 aliphatic rings. The fourth-order valence-corrected chi connectivity index (χ4v) is 1.93. The van der Waals surface area contributed by atoms with E-state index in [1.165, 1.54) is 5.92 Å². The molecule has 2 rings (SSSR count). The Morgan fingerprint density at radius 2 is 2.20 bits per heavy atom. The maximum absolute atomic E-state index is 14.5. The lowest BCUT2D eigenvalue weighted by Crippen LogP contribution is -2.48. The summed E-state index contributed by atoms with van der Waals surface area (Å²) in [4.78, 5) is 24.3. The van der Waals surface area contributed by atoms with Crippen LogP contribution in [0.5, 0.6) is 0 Å². The maximum Gasteiger partial charge on any atom is 0.330 e. The zero-order valence-corrected chi connectivity index (χ0v) is 9.92. The van der Waals surface area contributed by atoms with Crippen molar-refractivity contribution in [1.82, 2.24) is 9.55 Å². The van der Waals surface area contributed by atoms with Crippen molar-refractivity contribution < 1.29 is 23.7 Å². The van der Waals surface area contributed by atoms with Crippen molar-refractivity contribution in [1.29, 1.82) is 0 Å². The van der Waals surface area contributed by atoms with E-state index in [4.69, 9.17) is 11.5 Å². The highest BCUT2D eigenvalue weighted by atomic mass is 19.2. The molecule has 1 aromatic heterocycles. The third-order valence-electron chi connectivity index (χ3n) is 3.01. The Kier molecular flexibility index (Phi) is 3.25. The summed E-state index contributed by atoms with van der Waals surface area (Å²) in [6.07, 6.45) is 1.24. The van der Waals surface area contributed by atoms with Crippen LogP contribution in [0, 0.1) is 12.3 Å². The Balaban J connectivity index is 2.59. The molecule has 3 N–H and O–H groups in total. The highest BCUT2D eigenvalue weighted by molar-refractivity contribution is 5.21. The SMILES string of the molecule is C#CC1(F)C(n2ccc(=O)[nH]c2=O)OC(F)(CO)C1O. The molecule has 7 nitrogen and oxygen atoms in total. The highest BCUT2D eigenvalue weighted by Gasteiger charge is 2.66. The van der Waals surface area contributed by atoms with Crippen LogP contribution in [0.1, 0.15) is 6.23 Å². The number of aliphatic hydroxyl groups is 2. The van der Waals surface area contributed by atoms with Crippen LogP contribution < -0.4 is 11.2 Å². The summed E-state index contributed by atoms with van der Waals surface area (Å²) in [5, 5.41) is 18.4. The fourth-order valence-electron chi connectivity index (χ4n) is 1.93. The number of aliphatic hydroxyl groups excluding tert-OH is 2. The van der Waals surface area contributed by atoms with E-state index in [-0.39, 0.29) is 0 Å². The lowest BCUT2D eigenvalue weighted by molar-refractivity contribution is -0.207. The molecule has 4 atom stereocenters. The number of nitrogens with zero attached hydrogens (tertiary/aromatic N) is 1. The molecule has 1 saturated heterocycles. The molecule has 1 aromatic rings. The third-order valence-corrected chi connectivity index (χ3v) is 3.01. The van der Waals surface area contributed by atoms with E-state index in [0.29, 0.717) is 4.57 Å². The lowest BCUT2D eigenvalue weighted by Gasteiger charge is -2.23. The van der Waals surface area contributed by atoms with Crippen molar-refractivity contribution in [3.8, 4) is 12.3 Å². The van der Waals surface area contributed by atoms with E-state index in [0.717, 1.165) is 12.3 Å². The minimum absolute atomic E-state index is 0.488. The van der Waals surface area contributed by atoms with Gasteiger partial charge in [-0.2, -0.15) is 0 Å². The molecule has 0 radical (unpaired) electrons. The van der Waals surface area contributed by atoms with E-state index in [1.807, 2.05) is 4.98 Å². The van der Waals surface area contributed by atoms with Gasteiger partial charge in [0, 0.05) is 12.3 Å². The lowest BCUT2D eigenvalue weighted by atomic mass is 9.96. The van der Waals surface area contributed by atoms with Crippen LogP contribution in [0.25, 0.3) is 0 Å². The van der Waals surface area contributed by atoms with Gasteiger partial charge >= 0.3 is 5.69 Å². The normalized spacial score (nSPS) is 36.8. The first kappa shape index (κ1) is 14.4. The van der Waals surface area contributed by atoms with Crippen molar-refractivity contribution in [3.05, 3.63) is 33.1 Å². The quantitative estimate of drug-likeness (QED) is 0.570. The second kappa shape index (κ2) is 4.52. The summed E-state index contributed by atoms with van der Waals surface area (Å²) in [6, 6.07) is 0.866. The summed E-state index contributed by atoms with van der Waals surface area (Å²) in [5.41, 5.74) is -4.96. The van der Waals surface area contributed by atoms with Gasteiger partial charge in [0.15, 0.2) is 12.3 Å². The zero-order valence-electron chi connectivity index (χ0n) is 9.92. The Morgan fingerprint density at radius 3 is 2.70 bits per heavy atom. The molecular formula is C11H10F2N2O5. The molecule has 9 heteroatoms. The molecule has 2 heterocycles. The molecule has 1 aliphatic heterocycles. The number of aromatic nitrogens is 2. The number of nitrogens with one attached hydrogen (secondary N) is 1. The van der Waals surface area contributed by atoms with Gasteiger partial charge in [-0.05, 0) is 0 Å². The van der Waals surface area contributed by atoms with Gasteiger partial charge in [0.2, 0.25) is 5.67 Å². The average molecular weight is 288 g/mol. The van der Waals surface area contributed by atoms with Crippen molar-refractivity contribution in [2.75, 3.05) is 6.61 Å². The molecule has 4 unspecified atom stereocenters. The van der Waals surface area contributed by atoms with E-state index in [9.17, 15) is 23.5 Å². The molecule has 0 aromatic carbocycles. The van der Waals surface area contributed by atoms with Gasteiger partial charge in [0.1, 0.15) is 6.61 Å². The summed E-state index contributed by atoms with van der Waals surface area (Å²) in [7, 11) is 0. The summed E-state index contributed by atoms with van der Waals surface area (Å²) < 4.78 is 33.6. The Bertz CT molecular complexity index is 680. The van der Waals surface area contributed by atoms with Crippen LogP contribution in [-0.2, 0) is 4.74 Å². The summed E-state index contributed by atoms with van der Waals surface area (Å²) in [6.45, 7) is -1.36. The molecule has 0 bridgehead atoms. The van der Waals surface area contributed by atoms with Gasteiger partial charge in [-0.3, -0.25) is 14.3 Å². The number of halogens is 2. The number of aromatic amines is 1. The first-order chi connectivity index (χ1) is 9.28. The van der Waals surface area contributed by atoms with Crippen molar-refractivity contribution in [2.45, 2.75) is 23.9 Å². The number of rotatable bonds is 2. The van der Waals surface area contributed by atoms with Gasteiger partial charge in [0.25, 0.3) is 11.4 Å². The van der Waals surface area contributed by atoms with Crippen LogP contribution in [0.15, 0.2) is 21.9 Å².